The Bertz CT molecular complexity index is 1170. The van der Waals surface area contributed by atoms with Gasteiger partial charge in [-0.3, -0.25) is 0 Å². The summed E-state index contributed by atoms with van der Waals surface area (Å²) < 4.78 is 36.8. The molecule has 0 bridgehead atoms. The van der Waals surface area contributed by atoms with Gasteiger partial charge in [-0.25, -0.2) is 9.18 Å². The van der Waals surface area contributed by atoms with Gasteiger partial charge in [0.15, 0.2) is 0 Å². The summed E-state index contributed by atoms with van der Waals surface area (Å²) in [6.45, 7) is 7.80. The molecule has 0 aliphatic heterocycles. The van der Waals surface area contributed by atoms with Crippen LogP contribution in [0.4, 0.5) is 4.39 Å². The lowest BCUT2D eigenvalue weighted by Crippen LogP contribution is -2.10. The quantitative estimate of drug-likeness (QED) is 0.150. The number of halogens is 1. The summed E-state index contributed by atoms with van der Waals surface area (Å²) in [5, 5.41) is 0. The molecule has 0 saturated carbocycles. The normalized spacial score (nSPS) is 10.8. The van der Waals surface area contributed by atoms with Gasteiger partial charge >= 0.3 is 5.97 Å². The molecule has 0 unspecified atom stereocenters. The molecule has 3 rings (SSSR count). The van der Waals surface area contributed by atoms with Crippen LogP contribution in [0.2, 0.25) is 0 Å². The Hall–Kier alpha value is -3.54. The molecule has 0 saturated heterocycles. The fourth-order valence-electron chi connectivity index (χ4n) is 4.25. The van der Waals surface area contributed by atoms with E-state index in [9.17, 15) is 9.18 Å². The van der Waals surface area contributed by atoms with E-state index < -0.39 is 0 Å². The second kappa shape index (κ2) is 15.0. The van der Waals surface area contributed by atoms with Crippen LogP contribution in [0.25, 0.3) is 11.1 Å². The van der Waals surface area contributed by atoms with E-state index in [0.717, 1.165) is 65.9 Å². The summed E-state index contributed by atoms with van der Waals surface area (Å²) in [6.07, 6.45) is 5.06. The molecule has 3 aromatic carbocycles. The second-order valence-corrected chi connectivity index (χ2v) is 9.09. The van der Waals surface area contributed by atoms with Crippen LogP contribution in [0.3, 0.4) is 0 Å². The smallest absolute Gasteiger partial charge is 0.338 e. The number of aryl methyl sites for hydroxylation is 1. The van der Waals surface area contributed by atoms with Crippen molar-refractivity contribution in [2.45, 2.75) is 59.3 Å². The predicted octanol–water partition coefficient (Wildman–Crippen LogP) is 7.82. The molecule has 204 valence electrons. The number of ether oxygens (including phenoxy) is 4. The van der Waals surface area contributed by atoms with Crippen molar-refractivity contribution in [3.63, 3.8) is 0 Å². The molecule has 6 heteroatoms. The number of carbonyl (C=O) groups is 1. The summed E-state index contributed by atoms with van der Waals surface area (Å²) in [4.78, 5) is 12.2. The van der Waals surface area contributed by atoms with Crippen molar-refractivity contribution >= 4 is 5.97 Å². The van der Waals surface area contributed by atoms with Crippen molar-refractivity contribution in [3.05, 3.63) is 77.1 Å². The van der Waals surface area contributed by atoms with Crippen LogP contribution in [-0.2, 0) is 17.6 Å². The first kappa shape index (κ1) is 29.0. The highest BCUT2D eigenvalue weighted by atomic mass is 19.1. The van der Waals surface area contributed by atoms with Gasteiger partial charge in [0.05, 0.1) is 32.5 Å². The van der Waals surface area contributed by atoms with Crippen LogP contribution in [0, 0.1) is 5.82 Å². The van der Waals surface area contributed by atoms with Gasteiger partial charge in [0.2, 0.25) is 0 Å². The number of rotatable bonds is 15. The van der Waals surface area contributed by atoms with Crippen molar-refractivity contribution in [2.75, 3.05) is 26.9 Å². The molecule has 0 atom stereocenters. The minimum atomic E-state index is -0.352. The van der Waals surface area contributed by atoms with E-state index in [-0.39, 0.29) is 11.8 Å². The minimum Gasteiger partial charge on any atom is -0.493 e. The first-order valence-corrected chi connectivity index (χ1v) is 13.5. The highest BCUT2D eigenvalue weighted by molar-refractivity contribution is 5.91. The Morgan fingerprint density at radius 1 is 0.789 bits per heavy atom. The van der Waals surface area contributed by atoms with E-state index in [0.29, 0.717) is 37.6 Å². The number of esters is 1. The third-order valence-electron chi connectivity index (χ3n) is 6.30. The van der Waals surface area contributed by atoms with Crippen LogP contribution >= 0.6 is 0 Å². The molecule has 0 aliphatic rings. The maximum absolute atomic E-state index is 13.5. The summed E-state index contributed by atoms with van der Waals surface area (Å²) in [6, 6.07) is 16.0. The fourth-order valence-corrected chi connectivity index (χ4v) is 4.25. The number of unbranched alkanes of at least 4 members (excludes halogenated alkanes) is 1. The molecule has 0 aliphatic carbocycles. The molecule has 0 aromatic heterocycles. The lowest BCUT2D eigenvalue weighted by atomic mass is 10.00. The Kier molecular flexibility index (Phi) is 11.5. The SMILES string of the molecule is CCCCOc1cc(OCCCOc2cccc(C(=O)OC)c2CCC)c(CC)cc1-c1ccc(F)cc1. The van der Waals surface area contributed by atoms with Crippen LogP contribution in [0.15, 0.2) is 54.6 Å². The largest absolute Gasteiger partial charge is 0.493 e. The molecule has 0 spiro atoms. The Balaban J connectivity index is 1.70. The molecule has 0 heterocycles. The molecular weight excluding hydrogens is 483 g/mol. The fraction of sp³-hybridized carbons (Fsp3) is 0.406. The maximum Gasteiger partial charge on any atom is 0.338 e. The van der Waals surface area contributed by atoms with Crippen LogP contribution in [0.5, 0.6) is 17.2 Å². The van der Waals surface area contributed by atoms with Gasteiger partial charge in [0.1, 0.15) is 23.1 Å². The highest BCUT2D eigenvalue weighted by Gasteiger charge is 2.16. The third kappa shape index (κ3) is 7.73. The molecule has 5 nitrogen and oxygen atoms in total. The standard InChI is InChI=1S/C32H39FO5/c1-5-8-18-38-31-22-30(23(7-3)21-28(31)24-14-16-25(33)17-15-24)37-20-10-19-36-29-13-9-12-27(32(34)35-4)26(29)11-6-2/h9,12-17,21-22H,5-8,10-11,18-20H2,1-4H3. The van der Waals surface area contributed by atoms with E-state index in [1.54, 1.807) is 18.2 Å². The van der Waals surface area contributed by atoms with E-state index in [1.807, 2.05) is 18.2 Å². The monoisotopic (exact) mass is 522 g/mol. The average molecular weight is 523 g/mol. The molecule has 0 amide bonds. The van der Waals surface area contributed by atoms with E-state index in [2.05, 4.69) is 26.8 Å². The van der Waals surface area contributed by atoms with E-state index in [4.69, 9.17) is 18.9 Å². The average Bonchev–Trinajstić information content (AvgIpc) is 2.94. The molecule has 0 fully saturated rings. The first-order valence-electron chi connectivity index (χ1n) is 13.5. The van der Waals surface area contributed by atoms with Crippen LogP contribution < -0.4 is 14.2 Å². The predicted molar refractivity (Wildman–Crippen MR) is 149 cm³/mol. The van der Waals surface area contributed by atoms with E-state index >= 15 is 0 Å². The zero-order valence-electron chi connectivity index (χ0n) is 23.0. The highest BCUT2D eigenvalue weighted by Crippen LogP contribution is 2.37. The number of hydrogen-bond acceptors (Lipinski definition) is 5. The number of carbonyl (C=O) groups excluding carboxylic acids is 1. The van der Waals surface area contributed by atoms with Gasteiger partial charge in [-0.15, -0.1) is 0 Å². The van der Waals surface area contributed by atoms with Gasteiger partial charge < -0.3 is 18.9 Å². The van der Waals surface area contributed by atoms with Crippen molar-refractivity contribution in [2.24, 2.45) is 0 Å². The van der Waals surface area contributed by atoms with Crippen molar-refractivity contribution < 1.29 is 28.1 Å². The number of methoxy groups -OCH3 is 1. The second-order valence-electron chi connectivity index (χ2n) is 9.09. The Morgan fingerprint density at radius 3 is 2.13 bits per heavy atom. The zero-order chi connectivity index (χ0) is 27.3. The minimum absolute atomic E-state index is 0.265. The zero-order valence-corrected chi connectivity index (χ0v) is 23.0. The van der Waals surface area contributed by atoms with Crippen molar-refractivity contribution in [1.82, 2.24) is 0 Å². The van der Waals surface area contributed by atoms with Gasteiger partial charge in [-0.05, 0) is 60.7 Å². The van der Waals surface area contributed by atoms with Gasteiger partial charge in [-0.2, -0.15) is 0 Å². The summed E-state index contributed by atoms with van der Waals surface area (Å²) >= 11 is 0. The lowest BCUT2D eigenvalue weighted by molar-refractivity contribution is 0.0598. The van der Waals surface area contributed by atoms with Crippen LogP contribution in [-0.4, -0.2) is 32.9 Å². The van der Waals surface area contributed by atoms with Crippen LogP contribution in [0.1, 0.15) is 67.9 Å². The lowest BCUT2D eigenvalue weighted by Gasteiger charge is -2.18. The molecule has 38 heavy (non-hydrogen) atoms. The van der Waals surface area contributed by atoms with Crippen molar-refractivity contribution in [3.8, 4) is 28.4 Å². The molecule has 0 radical (unpaired) electrons. The topological polar surface area (TPSA) is 54.0 Å². The van der Waals surface area contributed by atoms with Gasteiger partial charge in [0.25, 0.3) is 0 Å². The number of hydrogen-bond donors (Lipinski definition) is 0. The van der Waals surface area contributed by atoms with Gasteiger partial charge in [0, 0.05) is 23.6 Å². The molecule has 3 aromatic rings. The molecule has 0 N–H and O–H groups in total. The summed E-state index contributed by atoms with van der Waals surface area (Å²) in [5.41, 5.74) is 4.32. The summed E-state index contributed by atoms with van der Waals surface area (Å²) in [5.74, 6) is 1.61. The van der Waals surface area contributed by atoms with Crippen molar-refractivity contribution in [1.29, 1.82) is 0 Å². The maximum atomic E-state index is 13.5. The molecular formula is C32H39FO5. The third-order valence-corrected chi connectivity index (χ3v) is 6.30. The Morgan fingerprint density at radius 2 is 1.47 bits per heavy atom. The van der Waals surface area contributed by atoms with E-state index in [1.165, 1.54) is 19.2 Å². The first-order chi connectivity index (χ1) is 18.5. The summed E-state index contributed by atoms with van der Waals surface area (Å²) in [7, 11) is 1.39. The van der Waals surface area contributed by atoms with Gasteiger partial charge in [-0.1, -0.05) is 51.8 Å². The Labute approximate surface area is 225 Å². The number of benzene rings is 3.